The largest absolute Gasteiger partial charge is 0.497 e. The first-order valence-corrected chi connectivity index (χ1v) is 11.7. The number of hydrogen-bond donors (Lipinski definition) is 0. The minimum Gasteiger partial charge on any atom is -0.497 e. The molecule has 5 rings (SSSR count). The van der Waals surface area contributed by atoms with Crippen LogP contribution in [0.1, 0.15) is 35.0 Å². The summed E-state index contributed by atoms with van der Waals surface area (Å²) in [5.41, 5.74) is 5.01. The monoisotopic (exact) mass is 441 g/mol. The van der Waals surface area contributed by atoms with Gasteiger partial charge in [-0.15, -0.1) is 0 Å². The highest BCUT2D eigenvalue weighted by Gasteiger charge is 2.23. The maximum Gasteiger partial charge on any atom is 0.127 e. The van der Waals surface area contributed by atoms with Crippen molar-refractivity contribution in [2.24, 2.45) is 0 Å². The molecular weight excluding hydrogens is 410 g/mol. The Morgan fingerprint density at radius 1 is 0.939 bits per heavy atom. The molecule has 0 amide bonds. The zero-order chi connectivity index (χ0) is 22.6. The fraction of sp³-hybridized carbons (Fsp3) is 0.333. The highest BCUT2D eigenvalue weighted by atomic mass is 16.5. The summed E-state index contributed by atoms with van der Waals surface area (Å²) in [4.78, 5) is 12.1. The summed E-state index contributed by atoms with van der Waals surface area (Å²) in [6.45, 7) is 5.86. The highest BCUT2D eigenvalue weighted by molar-refractivity contribution is 5.38. The fourth-order valence-corrected chi connectivity index (χ4v) is 4.72. The van der Waals surface area contributed by atoms with E-state index < -0.39 is 0 Å². The number of aryl methyl sites for hydroxylation is 3. The van der Waals surface area contributed by atoms with E-state index in [9.17, 15) is 0 Å². The Balaban J connectivity index is 1.24. The molecule has 4 aromatic rings. The molecule has 1 aliphatic rings. The molecule has 0 saturated carbocycles. The van der Waals surface area contributed by atoms with Crippen molar-refractivity contribution in [3.05, 3.63) is 95.6 Å². The Morgan fingerprint density at radius 3 is 2.55 bits per heavy atom. The number of benzene rings is 2. The van der Waals surface area contributed by atoms with Crippen molar-refractivity contribution in [3.8, 4) is 11.4 Å². The molecule has 0 radical (unpaired) electrons. The van der Waals surface area contributed by atoms with Gasteiger partial charge in [0.1, 0.15) is 17.4 Å². The minimum atomic E-state index is 0.812. The molecule has 1 aliphatic heterocycles. The maximum atomic E-state index is 5.29. The third kappa shape index (κ3) is 4.71. The number of fused-ring (bicyclic) bond motifs is 1. The van der Waals surface area contributed by atoms with Crippen LogP contribution in [-0.4, -0.2) is 37.7 Å². The normalized spacial score (nSPS) is 13.8. The lowest BCUT2D eigenvalue weighted by Crippen LogP contribution is -2.34. The van der Waals surface area contributed by atoms with Crippen molar-refractivity contribution in [1.82, 2.24) is 24.0 Å². The summed E-state index contributed by atoms with van der Waals surface area (Å²) in [5.74, 6) is 3.14. The third-order valence-electron chi connectivity index (χ3n) is 6.51. The molecule has 0 bridgehead atoms. The van der Waals surface area contributed by atoms with Crippen LogP contribution in [0.25, 0.3) is 5.69 Å². The zero-order valence-corrected chi connectivity index (χ0v) is 19.4. The second-order valence-corrected chi connectivity index (χ2v) is 8.67. The second-order valence-electron chi connectivity index (χ2n) is 8.67. The predicted octanol–water partition coefficient (Wildman–Crippen LogP) is 4.58. The van der Waals surface area contributed by atoms with E-state index >= 15 is 0 Å². The van der Waals surface area contributed by atoms with Gasteiger partial charge in [0, 0.05) is 44.1 Å². The molecule has 0 unspecified atom stereocenters. The molecule has 2 aromatic heterocycles. The lowest BCUT2D eigenvalue weighted by atomic mass is 10.1. The summed E-state index contributed by atoms with van der Waals surface area (Å²) in [6.07, 6.45) is 7.16. The molecule has 6 heteroatoms. The first kappa shape index (κ1) is 21.5. The molecular formula is C27H31N5O. The summed E-state index contributed by atoms with van der Waals surface area (Å²) >= 11 is 0. The minimum absolute atomic E-state index is 0.812. The van der Waals surface area contributed by atoms with E-state index in [-0.39, 0.29) is 0 Å². The SMILES string of the molecule is COc1ccc(-n2ccnc2CN2CCn3c(CCCc4ccccc4)nc(C)c3C2)cc1. The van der Waals surface area contributed by atoms with Crippen LogP contribution < -0.4 is 4.74 Å². The standard InChI is InChI=1S/C27H31N5O/c1-21-25-19-30(20-27-28-15-16-31(27)23-11-13-24(33-2)14-12-23)17-18-32(25)26(29-21)10-6-9-22-7-4-3-5-8-22/h3-5,7-8,11-16H,6,9-10,17-20H2,1-2H3. The van der Waals surface area contributed by atoms with Crippen LogP contribution in [0.4, 0.5) is 0 Å². The molecule has 0 aliphatic carbocycles. The molecule has 3 heterocycles. The molecule has 0 atom stereocenters. The first-order valence-electron chi connectivity index (χ1n) is 11.7. The molecule has 2 aromatic carbocycles. The molecule has 6 nitrogen and oxygen atoms in total. The van der Waals surface area contributed by atoms with Crippen LogP contribution >= 0.6 is 0 Å². The van der Waals surface area contributed by atoms with E-state index in [1.54, 1.807) is 7.11 Å². The molecule has 170 valence electrons. The summed E-state index contributed by atoms with van der Waals surface area (Å²) in [7, 11) is 1.69. The van der Waals surface area contributed by atoms with Crippen molar-refractivity contribution < 1.29 is 4.74 Å². The third-order valence-corrected chi connectivity index (χ3v) is 6.51. The Labute approximate surface area is 195 Å². The van der Waals surface area contributed by atoms with Gasteiger partial charge < -0.3 is 13.9 Å². The van der Waals surface area contributed by atoms with Crippen molar-refractivity contribution in [1.29, 1.82) is 0 Å². The van der Waals surface area contributed by atoms with E-state index in [0.29, 0.717) is 0 Å². The number of methoxy groups -OCH3 is 1. The lowest BCUT2D eigenvalue weighted by molar-refractivity contribution is 0.205. The number of ether oxygens (including phenoxy) is 1. The number of aromatic nitrogens is 4. The fourth-order valence-electron chi connectivity index (χ4n) is 4.72. The number of rotatable bonds is 8. The van der Waals surface area contributed by atoms with Crippen LogP contribution in [0, 0.1) is 6.92 Å². The van der Waals surface area contributed by atoms with E-state index in [2.05, 4.69) is 68.4 Å². The van der Waals surface area contributed by atoms with E-state index in [1.165, 1.54) is 17.1 Å². The summed E-state index contributed by atoms with van der Waals surface area (Å²) in [6, 6.07) is 18.8. The van der Waals surface area contributed by atoms with E-state index in [0.717, 1.165) is 68.4 Å². The van der Waals surface area contributed by atoms with Crippen molar-refractivity contribution in [3.63, 3.8) is 0 Å². The van der Waals surface area contributed by atoms with Crippen molar-refractivity contribution in [2.75, 3.05) is 13.7 Å². The molecule has 0 spiro atoms. The Kier molecular flexibility index (Phi) is 6.26. The molecule has 0 saturated heterocycles. The number of imidazole rings is 2. The number of nitrogens with zero attached hydrogens (tertiary/aromatic N) is 5. The second kappa shape index (κ2) is 9.63. The topological polar surface area (TPSA) is 48.1 Å². The Morgan fingerprint density at radius 2 is 1.76 bits per heavy atom. The Bertz CT molecular complexity index is 1190. The summed E-state index contributed by atoms with van der Waals surface area (Å²) < 4.78 is 9.90. The van der Waals surface area contributed by atoms with Gasteiger partial charge >= 0.3 is 0 Å². The lowest BCUT2D eigenvalue weighted by Gasteiger charge is -2.29. The Hall–Kier alpha value is -3.38. The summed E-state index contributed by atoms with van der Waals surface area (Å²) in [5, 5.41) is 0. The van der Waals surface area contributed by atoms with Gasteiger partial charge in [0.25, 0.3) is 0 Å². The van der Waals surface area contributed by atoms with Gasteiger partial charge in [-0.3, -0.25) is 4.90 Å². The van der Waals surface area contributed by atoms with E-state index in [1.807, 2.05) is 24.5 Å². The average Bonchev–Trinajstić information content (AvgIpc) is 3.44. The van der Waals surface area contributed by atoms with Gasteiger partial charge in [-0.25, -0.2) is 9.97 Å². The average molecular weight is 442 g/mol. The molecule has 33 heavy (non-hydrogen) atoms. The predicted molar refractivity (Wildman–Crippen MR) is 130 cm³/mol. The van der Waals surface area contributed by atoms with Crippen LogP contribution in [0.15, 0.2) is 67.0 Å². The van der Waals surface area contributed by atoms with Crippen molar-refractivity contribution in [2.45, 2.75) is 45.8 Å². The molecule has 0 N–H and O–H groups in total. The highest BCUT2D eigenvalue weighted by Crippen LogP contribution is 2.23. The van der Waals surface area contributed by atoms with Crippen LogP contribution in [0.3, 0.4) is 0 Å². The quantitative estimate of drug-likeness (QED) is 0.402. The van der Waals surface area contributed by atoms with E-state index in [4.69, 9.17) is 9.72 Å². The van der Waals surface area contributed by atoms with Crippen LogP contribution in [0.5, 0.6) is 5.75 Å². The van der Waals surface area contributed by atoms with Gasteiger partial charge in [0.15, 0.2) is 0 Å². The van der Waals surface area contributed by atoms with Crippen molar-refractivity contribution >= 4 is 0 Å². The molecule has 0 fully saturated rings. The zero-order valence-electron chi connectivity index (χ0n) is 19.4. The smallest absolute Gasteiger partial charge is 0.127 e. The van der Waals surface area contributed by atoms with Gasteiger partial charge in [-0.1, -0.05) is 30.3 Å². The van der Waals surface area contributed by atoms with Crippen LogP contribution in [0.2, 0.25) is 0 Å². The maximum absolute atomic E-state index is 5.29. The van der Waals surface area contributed by atoms with Crippen LogP contribution in [-0.2, 0) is 32.5 Å². The van der Waals surface area contributed by atoms with Gasteiger partial charge in [0.05, 0.1) is 25.0 Å². The van der Waals surface area contributed by atoms with Gasteiger partial charge in [-0.05, 0) is 49.6 Å². The van der Waals surface area contributed by atoms with Gasteiger partial charge in [-0.2, -0.15) is 0 Å². The number of hydrogen-bond acceptors (Lipinski definition) is 4. The van der Waals surface area contributed by atoms with Gasteiger partial charge in [0.2, 0.25) is 0 Å². The first-order chi connectivity index (χ1) is 16.2.